The maximum Gasteiger partial charge on any atom is 0.224 e. The molecule has 0 aliphatic carbocycles. The number of anilines is 1. The number of amides is 1. The number of hydrogen-bond donors (Lipinski definition) is 1. The van der Waals surface area contributed by atoms with Gasteiger partial charge in [-0.3, -0.25) is 9.78 Å². The molecule has 0 saturated heterocycles. The second-order valence-electron chi connectivity index (χ2n) is 4.59. The Morgan fingerprint density at radius 3 is 2.85 bits per heavy atom. The van der Waals surface area contributed by atoms with Crippen molar-refractivity contribution >= 4 is 11.6 Å². The topological polar surface area (TPSA) is 51.2 Å². The van der Waals surface area contributed by atoms with Gasteiger partial charge in [0.05, 0.1) is 19.0 Å². The van der Waals surface area contributed by atoms with Crippen LogP contribution in [0.25, 0.3) is 0 Å². The minimum absolute atomic E-state index is 0.00790. The van der Waals surface area contributed by atoms with Crippen molar-refractivity contribution in [2.75, 3.05) is 12.4 Å². The summed E-state index contributed by atoms with van der Waals surface area (Å²) < 4.78 is 5.22. The zero-order chi connectivity index (χ0) is 14.4. The molecule has 0 atom stereocenters. The van der Waals surface area contributed by atoms with E-state index >= 15 is 0 Å². The molecule has 0 unspecified atom stereocenters. The Bertz CT molecular complexity index is 582. The van der Waals surface area contributed by atoms with Gasteiger partial charge in [-0.25, -0.2) is 0 Å². The van der Waals surface area contributed by atoms with Gasteiger partial charge in [-0.15, -0.1) is 0 Å². The molecule has 0 radical (unpaired) electrons. The highest BCUT2D eigenvalue weighted by Crippen LogP contribution is 2.19. The third-order valence-corrected chi connectivity index (χ3v) is 3.05. The first kappa shape index (κ1) is 14.1. The van der Waals surface area contributed by atoms with Crippen molar-refractivity contribution in [1.82, 2.24) is 4.98 Å². The molecule has 4 nitrogen and oxygen atoms in total. The SMILES string of the molecule is COc1ccc(CCC(=O)Nc2cccnc2)cc1C. The Hall–Kier alpha value is -2.36. The number of aryl methyl sites for hydroxylation is 2. The van der Waals surface area contributed by atoms with Crippen molar-refractivity contribution in [3.63, 3.8) is 0 Å². The Kier molecular flexibility index (Phi) is 4.71. The van der Waals surface area contributed by atoms with Crippen LogP contribution in [-0.4, -0.2) is 18.0 Å². The third kappa shape index (κ3) is 3.82. The van der Waals surface area contributed by atoms with Gasteiger partial charge in [0.25, 0.3) is 0 Å². The van der Waals surface area contributed by atoms with Gasteiger partial charge >= 0.3 is 0 Å². The first-order valence-corrected chi connectivity index (χ1v) is 6.52. The number of carbonyl (C=O) groups excluding carboxylic acids is 1. The summed E-state index contributed by atoms with van der Waals surface area (Å²) in [5.74, 6) is 0.861. The molecule has 0 saturated carbocycles. The zero-order valence-electron chi connectivity index (χ0n) is 11.7. The molecular weight excluding hydrogens is 252 g/mol. The van der Waals surface area contributed by atoms with Crippen LogP contribution in [0.4, 0.5) is 5.69 Å². The number of nitrogens with zero attached hydrogens (tertiary/aromatic N) is 1. The standard InChI is InChI=1S/C16H18N2O2/c1-12-10-13(5-7-15(12)20-2)6-8-16(19)18-14-4-3-9-17-11-14/h3-5,7,9-11H,6,8H2,1-2H3,(H,18,19). The number of nitrogens with one attached hydrogen (secondary N) is 1. The molecule has 1 aromatic heterocycles. The fourth-order valence-corrected chi connectivity index (χ4v) is 2.01. The predicted octanol–water partition coefficient (Wildman–Crippen LogP) is 2.97. The summed E-state index contributed by atoms with van der Waals surface area (Å²) in [6.45, 7) is 2.00. The molecular formula is C16H18N2O2. The molecule has 2 aromatic rings. The first-order chi connectivity index (χ1) is 9.69. The van der Waals surface area contributed by atoms with Gasteiger partial charge in [-0.2, -0.15) is 0 Å². The quantitative estimate of drug-likeness (QED) is 0.908. The van der Waals surface area contributed by atoms with Crippen LogP contribution in [0.2, 0.25) is 0 Å². The second-order valence-corrected chi connectivity index (χ2v) is 4.59. The van der Waals surface area contributed by atoms with E-state index in [-0.39, 0.29) is 5.91 Å². The van der Waals surface area contributed by atoms with Crippen molar-refractivity contribution in [3.8, 4) is 5.75 Å². The number of methoxy groups -OCH3 is 1. The fraction of sp³-hybridized carbons (Fsp3) is 0.250. The van der Waals surface area contributed by atoms with Gasteiger partial charge in [0.2, 0.25) is 5.91 Å². The number of benzene rings is 1. The minimum Gasteiger partial charge on any atom is -0.496 e. The third-order valence-electron chi connectivity index (χ3n) is 3.05. The molecule has 1 N–H and O–H groups in total. The highest BCUT2D eigenvalue weighted by molar-refractivity contribution is 5.90. The average molecular weight is 270 g/mol. The summed E-state index contributed by atoms with van der Waals surface area (Å²) in [5.41, 5.74) is 2.94. The van der Waals surface area contributed by atoms with Crippen LogP contribution in [0, 0.1) is 6.92 Å². The number of pyridine rings is 1. The maximum absolute atomic E-state index is 11.8. The van der Waals surface area contributed by atoms with Crippen LogP contribution in [0.1, 0.15) is 17.5 Å². The van der Waals surface area contributed by atoms with E-state index in [1.54, 1.807) is 25.6 Å². The van der Waals surface area contributed by atoms with Crippen LogP contribution in [-0.2, 0) is 11.2 Å². The Labute approximate surface area is 118 Å². The molecule has 0 spiro atoms. The van der Waals surface area contributed by atoms with Crippen LogP contribution in [0.15, 0.2) is 42.7 Å². The van der Waals surface area contributed by atoms with Crippen molar-refractivity contribution in [2.24, 2.45) is 0 Å². The van der Waals surface area contributed by atoms with Crippen molar-refractivity contribution in [3.05, 3.63) is 53.9 Å². The lowest BCUT2D eigenvalue weighted by Crippen LogP contribution is -2.12. The molecule has 104 valence electrons. The van der Waals surface area contributed by atoms with E-state index in [2.05, 4.69) is 16.4 Å². The van der Waals surface area contributed by atoms with Gasteiger partial charge in [0.1, 0.15) is 5.75 Å². The lowest BCUT2D eigenvalue weighted by atomic mass is 10.1. The van der Waals surface area contributed by atoms with E-state index in [0.29, 0.717) is 12.8 Å². The molecule has 4 heteroatoms. The zero-order valence-corrected chi connectivity index (χ0v) is 11.7. The van der Waals surface area contributed by atoms with E-state index in [0.717, 1.165) is 22.6 Å². The van der Waals surface area contributed by atoms with Gasteiger partial charge in [0.15, 0.2) is 0 Å². The predicted molar refractivity (Wildman–Crippen MR) is 78.9 cm³/mol. The first-order valence-electron chi connectivity index (χ1n) is 6.52. The summed E-state index contributed by atoms with van der Waals surface area (Å²) in [7, 11) is 1.66. The molecule has 0 fully saturated rings. The fourth-order valence-electron chi connectivity index (χ4n) is 2.01. The van der Waals surface area contributed by atoms with E-state index in [1.807, 2.05) is 25.1 Å². The van der Waals surface area contributed by atoms with Crippen LogP contribution >= 0.6 is 0 Å². The number of aromatic nitrogens is 1. The Morgan fingerprint density at radius 2 is 2.20 bits per heavy atom. The van der Waals surface area contributed by atoms with Crippen LogP contribution < -0.4 is 10.1 Å². The average Bonchev–Trinajstić information content (AvgIpc) is 2.46. The minimum atomic E-state index is -0.00790. The molecule has 2 rings (SSSR count). The number of rotatable bonds is 5. The molecule has 1 heterocycles. The van der Waals surface area contributed by atoms with Crippen molar-refractivity contribution in [2.45, 2.75) is 19.8 Å². The van der Waals surface area contributed by atoms with Crippen LogP contribution in [0.3, 0.4) is 0 Å². The summed E-state index contributed by atoms with van der Waals surface area (Å²) >= 11 is 0. The van der Waals surface area contributed by atoms with Gasteiger partial charge in [-0.1, -0.05) is 12.1 Å². The maximum atomic E-state index is 11.8. The summed E-state index contributed by atoms with van der Waals surface area (Å²) in [6, 6.07) is 9.59. The number of carbonyl (C=O) groups is 1. The van der Waals surface area contributed by atoms with Gasteiger partial charge < -0.3 is 10.1 Å². The van der Waals surface area contributed by atoms with Gasteiger partial charge in [0, 0.05) is 12.6 Å². The normalized spacial score (nSPS) is 10.1. The smallest absolute Gasteiger partial charge is 0.224 e. The second kappa shape index (κ2) is 6.70. The molecule has 20 heavy (non-hydrogen) atoms. The number of ether oxygens (including phenoxy) is 1. The highest BCUT2D eigenvalue weighted by Gasteiger charge is 2.05. The lowest BCUT2D eigenvalue weighted by Gasteiger charge is -2.08. The van der Waals surface area contributed by atoms with E-state index in [1.165, 1.54) is 0 Å². The molecule has 0 aliphatic rings. The summed E-state index contributed by atoms with van der Waals surface area (Å²) in [4.78, 5) is 15.8. The summed E-state index contributed by atoms with van der Waals surface area (Å²) in [6.07, 6.45) is 4.46. The van der Waals surface area contributed by atoms with E-state index < -0.39 is 0 Å². The molecule has 0 bridgehead atoms. The molecule has 1 amide bonds. The van der Waals surface area contributed by atoms with Crippen LogP contribution in [0.5, 0.6) is 5.75 Å². The summed E-state index contributed by atoms with van der Waals surface area (Å²) in [5, 5.41) is 2.82. The van der Waals surface area contributed by atoms with E-state index in [4.69, 9.17) is 4.74 Å². The van der Waals surface area contributed by atoms with Gasteiger partial charge in [-0.05, 0) is 42.7 Å². The lowest BCUT2D eigenvalue weighted by molar-refractivity contribution is -0.116. The highest BCUT2D eigenvalue weighted by atomic mass is 16.5. The van der Waals surface area contributed by atoms with E-state index in [9.17, 15) is 4.79 Å². The largest absolute Gasteiger partial charge is 0.496 e. The monoisotopic (exact) mass is 270 g/mol. The van der Waals surface area contributed by atoms with Crippen molar-refractivity contribution in [1.29, 1.82) is 0 Å². The number of hydrogen-bond acceptors (Lipinski definition) is 3. The Balaban J connectivity index is 1.89. The molecule has 1 aromatic carbocycles. The molecule has 0 aliphatic heterocycles. The van der Waals surface area contributed by atoms with Crippen molar-refractivity contribution < 1.29 is 9.53 Å². The Morgan fingerprint density at radius 1 is 1.35 bits per heavy atom.